The van der Waals surface area contributed by atoms with Crippen LogP contribution in [0.15, 0.2) is 27.8 Å². The molecule has 0 spiro atoms. The van der Waals surface area contributed by atoms with E-state index in [2.05, 4.69) is 15.5 Å². The lowest BCUT2D eigenvalue weighted by Crippen LogP contribution is -2.37. The third kappa shape index (κ3) is 6.58. The zero-order valence-electron chi connectivity index (χ0n) is 17.4. The van der Waals surface area contributed by atoms with Crippen LogP contribution in [-0.4, -0.2) is 30.3 Å². The fourth-order valence-electron chi connectivity index (χ4n) is 2.50. The lowest BCUT2D eigenvalue weighted by Gasteiger charge is -2.24. The van der Waals surface area contributed by atoms with Crippen molar-refractivity contribution in [3.05, 3.63) is 39.7 Å². The molecule has 0 aliphatic heterocycles. The van der Waals surface area contributed by atoms with E-state index in [9.17, 15) is 13.2 Å². The topological polar surface area (TPSA) is 111 Å². The SMILES string of the molecule is CC[C@@H](C)[C@H](NC(=O)OC(C)(C)C)c1nnc(S(=O)(=O)Cc2ccc(Cl)c(Cl)c2)o1. The van der Waals surface area contributed by atoms with Gasteiger partial charge in [-0.25, -0.2) is 13.2 Å². The molecule has 0 fully saturated rings. The number of sulfone groups is 1. The number of carbonyl (C=O) groups excluding carboxylic acids is 1. The van der Waals surface area contributed by atoms with Crippen molar-refractivity contribution in [1.29, 1.82) is 0 Å². The van der Waals surface area contributed by atoms with Crippen LogP contribution in [0, 0.1) is 5.92 Å². The second-order valence-electron chi connectivity index (χ2n) is 7.92. The highest BCUT2D eigenvalue weighted by atomic mass is 35.5. The van der Waals surface area contributed by atoms with Gasteiger partial charge in [-0.2, -0.15) is 0 Å². The zero-order chi connectivity index (χ0) is 22.7. The highest BCUT2D eigenvalue weighted by Gasteiger charge is 2.31. The summed E-state index contributed by atoms with van der Waals surface area (Å²) in [5.41, 5.74) is -0.262. The molecule has 30 heavy (non-hydrogen) atoms. The first-order valence-corrected chi connectivity index (χ1v) is 11.7. The van der Waals surface area contributed by atoms with Gasteiger partial charge in [-0.1, -0.05) is 54.6 Å². The van der Waals surface area contributed by atoms with E-state index in [0.29, 0.717) is 17.0 Å². The lowest BCUT2D eigenvalue weighted by molar-refractivity contribution is 0.0473. The van der Waals surface area contributed by atoms with Crippen LogP contribution in [-0.2, 0) is 20.3 Å². The van der Waals surface area contributed by atoms with Gasteiger partial charge in [0.25, 0.3) is 0 Å². The molecule has 1 N–H and O–H groups in total. The van der Waals surface area contributed by atoms with Crippen molar-refractivity contribution in [3.8, 4) is 0 Å². The normalized spacial score (nSPS) is 14.2. The summed E-state index contributed by atoms with van der Waals surface area (Å²) in [4.78, 5) is 12.2. The number of nitrogens with zero attached hydrogens (tertiary/aromatic N) is 2. The predicted octanol–water partition coefficient (Wildman–Crippen LogP) is 4.96. The van der Waals surface area contributed by atoms with Gasteiger partial charge in [0.05, 0.1) is 15.8 Å². The maximum Gasteiger partial charge on any atom is 0.408 e. The summed E-state index contributed by atoms with van der Waals surface area (Å²) in [5, 5.41) is 10.3. The Hall–Kier alpha value is -1.84. The largest absolute Gasteiger partial charge is 0.444 e. The Labute approximate surface area is 186 Å². The van der Waals surface area contributed by atoms with Crippen molar-refractivity contribution in [2.75, 3.05) is 0 Å². The minimum absolute atomic E-state index is 0.0112. The third-order valence-electron chi connectivity index (χ3n) is 4.18. The summed E-state index contributed by atoms with van der Waals surface area (Å²) in [6, 6.07) is 3.82. The van der Waals surface area contributed by atoms with Gasteiger partial charge >= 0.3 is 11.3 Å². The zero-order valence-corrected chi connectivity index (χ0v) is 19.7. The monoisotopic (exact) mass is 477 g/mol. The van der Waals surface area contributed by atoms with Crippen molar-refractivity contribution in [2.45, 2.75) is 63.7 Å². The molecular formula is C19H25Cl2N3O5S. The Bertz CT molecular complexity index is 1000. The van der Waals surface area contributed by atoms with Gasteiger partial charge < -0.3 is 14.5 Å². The highest BCUT2D eigenvalue weighted by molar-refractivity contribution is 7.90. The Morgan fingerprint density at radius 1 is 1.23 bits per heavy atom. The number of ether oxygens (including phenoxy) is 1. The van der Waals surface area contributed by atoms with E-state index in [1.165, 1.54) is 12.1 Å². The Morgan fingerprint density at radius 2 is 1.90 bits per heavy atom. The molecule has 1 aromatic heterocycles. The minimum Gasteiger partial charge on any atom is -0.444 e. The average Bonchev–Trinajstić information content (AvgIpc) is 3.11. The summed E-state index contributed by atoms with van der Waals surface area (Å²) in [5.74, 6) is -0.509. The van der Waals surface area contributed by atoms with E-state index in [-0.39, 0.29) is 22.6 Å². The summed E-state index contributed by atoms with van der Waals surface area (Å²) in [6.07, 6.45) is 0.0139. The molecule has 0 bridgehead atoms. The summed E-state index contributed by atoms with van der Waals surface area (Å²) < 4.78 is 36.1. The van der Waals surface area contributed by atoms with Crippen LogP contribution in [0.4, 0.5) is 4.79 Å². The Morgan fingerprint density at radius 3 is 2.47 bits per heavy atom. The van der Waals surface area contributed by atoms with E-state index in [4.69, 9.17) is 32.4 Å². The molecule has 0 saturated carbocycles. The van der Waals surface area contributed by atoms with E-state index in [0.717, 1.165) is 0 Å². The van der Waals surface area contributed by atoms with Crippen molar-refractivity contribution < 1.29 is 22.4 Å². The molecule has 8 nitrogen and oxygen atoms in total. The molecule has 0 aliphatic carbocycles. The third-order valence-corrected chi connectivity index (χ3v) is 6.33. The number of alkyl carbamates (subject to hydrolysis) is 1. The molecule has 1 amide bonds. The fraction of sp³-hybridized carbons (Fsp3) is 0.526. The molecule has 0 radical (unpaired) electrons. The molecule has 11 heteroatoms. The Kier molecular flexibility index (Phi) is 7.76. The molecule has 0 unspecified atom stereocenters. The molecule has 2 aromatic rings. The van der Waals surface area contributed by atoms with Crippen molar-refractivity contribution in [2.24, 2.45) is 5.92 Å². The standard InChI is InChI=1S/C19H25Cl2N3O5S/c1-6-11(2)15(22-17(25)29-19(3,4)5)16-23-24-18(28-16)30(26,27)10-12-7-8-13(20)14(21)9-12/h7-9,11,15H,6,10H2,1-5H3,(H,22,25)/t11-,15+/m1/s1. The van der Waals surface area contributed by atoms with E-state index >= 15 is 0 Å². The first-order chi connectivity index (χ1) is 13.8. The smallest absolute Gasteiger partial charge is 0.408 e. The molecule has 166 valence electrons. The minimum atomic E-state index is -3.93. The molecule has 2 rings (SSSR count). The van der Waals surface area contributed by atoms with Crippen LogP contribution in [0.2, 0.25) is 10.0 Å². The first-order valence-electron chi connectivity index (χ1n) is 9.32. The van der Waals surface area contributed by atoms with Gasteiger partial charge in [0.1, 0.15) is 11.6 Å². The maximum absolute atomic E-state index is 12.7. The number of halogens is 2. The average molecular weight is 478 g/mol. The number of carbonyl (C=O) groups is 1. The number of hydrogen-bond donors (Lipinski definition) is 1. The predicted molar refractivity (Wildman–Crippen MR) is 113 cm³/mol. The molecular weight excluding hydrogens is 453 g/mol. The van der Waals surface area contributed by atoms with E-state index in [1.807, 2.05) is 13.8 Å². The molecule has 1 heterocycles. The van der Waals surface area contributed by atoms with Gasteiger partial charge in [0.2, 0.25) is 15.7 Å². The van der Waals surface area contributed by atoms with Crippen LogP contribution < -0.4 is 5.32 Å². The van der Waals surface area contributed by atoms with E-state index < -0.39 is 32.8 Å². The number of hydrogen-bond acceptors (Lipinski definition) is 7. The number of rotatable bonds is 7. The number of nitrogens with one attached hydrogen (secondary N) is 1. The van der Waals surface area contributed by atoms with Crippen LogP contribution in [0.25, 0.3) is 0 Å². The molecule has 0 saturated heterocycles. The van der Waals surface area contributed by atoms with Gasteiger partial charge in [0, 0.05) is 0 Å². The maximum atomic E-state index is 12.7. The summed E-state index contributed by atoms with van der Waals surface area (Å²) in [7, 11) is -3.93. The van der Waals surface area contributed by atoms with Gasteiger partial charge in [-0.05, 0) is 44.4 Å². The highest BCUT2D eigenvalue weighted by Crippen LogP contribution is 2.28. The summed E-state index contributed by atoms with van der Waals surface area (Å²) >= 11 is 11.8. The quantitative estimate of drug-likeness (QED) is 0.599. The van der Waals surface area contributed by atoms with Crippen LogP contribution in [0.5, 0.6) is 0 Å². The van der Waals surface area contributed by atoms with Gasteiger partial charge in [-0.15, -0.1) is 5.10 Å². The number of amides is 1. The van der Waals surface area contributed by atoms with Crippen LogP contribution >= 0.6 is 23.2 Å². The summed E-state index contributed by atoms with van der Waals surface area (Å²) in [6.45, 7) is 9.02. The van der Waals surface area contributed by atoms with Crippen molar-refractivity contribution in [1.82, 2.24) is 15.5 Å². The van der Waals surface area contributed by atoms with Crippen LogP contribution in [0.1, 0.15) is 58.5 Å². The van der Waals surface area contributed by atoms with Crippen LogP contribution in [0.3, 0.4) is 0 Å². The molecule has 0 aliphatic rings. The number of aromatic nitrogens is 2. The second-order valence-corrected chi connectivity index (χ2v) is 10.6. The fourth-order valence-corrected chi connectivity index (χ4v) is 3.94. The van der Waals surface area contributed by atoms with Crippen molar-refractivity contribution in [3.63, 3.8) is 0 Å². The molecule has 2 atom stereocenters. The molecule has 1 aromatic carbocycles. The van der Waals surface area contributed by atoms with Gasteiger partial charge in [-0.3, -0.25) is 0 Å². The number of benzene rings is 1. The van der Waals surface area contributed by atoms with Crippen molar-refractivity contribution >= 4 is 39.1 Å². The first kappa shape index (κ1) is 24.4. The lowest BCUT2D eigenvalue weighted by atomic mass is 9.99. The van der Waals surface area contributed by atoms with E-state index in [1.54, 1.807) is 26.8 Å². The second kappa shape index (κ2) is 9.53. The Balaban J connectivity index is 2.25. The van der Waals surface area contributed by atoms with Gasteiger partial charge in [0.15, 0.2) is 0 Å².